The van der Waals surface area contributed by atoms with Gasteiger partial charge in [-0.15, -0.1) is 0 Å². The Bertz CT molecular complexity index is 773. The van der Waals surface area contributed by atoms with Crippen molar-refractivity contribution in [2.24, 2.45) is 5.92 Å². The van der Waals surface area contributed by atoms with Crippen LogP contribution in [0.15, 0.2) is 35.4 Å². The summed E-state index contributed by atoms with van der Waals surface area (Å²) < 4.78 is 26.6. The molecular weight excluding hydrogens is 292 g/mol. The molecule has 0 aliphatic carbocycles. The molecule has 0 saturated carbocycles. The van der Waals surface area contributed by atoms with E-state index in [-0.39, 0.29) is 18.0 Å². The van der Waals surface area contributed by atoms with Gasteiger partial charge in [0.25, 0.3) is 0 Å². The predicted octanol–water partition coefficient (Wildman–Crippen LogP) is 1.65. The van der Waals surface area contributed by atoms with E-state index in [0.717, 1.165) is 10.9 Å². The highest BCUT2D eigenvalue weighted by Gasteiger charge is 2.32. The van der Waals surface area contributed by atoms with Gasteiger partial charge in [-0.25, -0.2) is 8.42 Å². The van der Waals surface area contributed by atoms with E-state index in [1.54, 1.807) is 24.4 Å². The smallest absolute Gasteiger partial charge is 0.306 e. The number of hydrogen-bond donors (Lipinski definition) is 2. The molecule has 0 radical (unpaired) electrons. The number of nitrogens with one attached hydrogen (secondary N) is 1. The van der Waals surface area contributed by atoms with Gasteiger partial charge < -0.3 is 10.1 Å². The number of carboxylic acid groups (broad SMARTS) is 1. The van der Waals surface area contributed by atoms with Crippen molar-refractivity contribution < 1.29 is 18.3 Å². The van der Waals surface area contributed by atoms with Gasteiger partial charge in [0.15, 0.2) is 0 Å². The average molecular weight is 308 g/mol. The lowest BCUT2D eigenvalue weighted by Gasteiger charge is -2.29. The van der Waals surface area contributed by atoms with Gasteiger partial charge in [0.2, 0.25) is 10.0 Å². The fraction of sp³-hybridized carbons (Fsp3) is 0.357. The highest BCUT2D eigenvalue weighted by atomic mass is 32.2. The molecule has 0 atom stereocenters. The van der Waals surface area contributed by atoms with Crippen LogP contribution in [0, 0.1) is 5.92 Å². The van der Waals surface area contributed by atoms with Crippen molar-refractivity contribution in [2.45, 2.75) is 17.7 Å². The van der Waals surface area contributed by atoms with Gasteiger partial charge in [-0.1, -0.05) is 0 Å². The van der Waals surface area contributed by atoms with Crippen molar-refractivity contribution >= 4 is 26.9 Å². The minimum atomic E-state index is -3.55. The van der Waals surface area contributed by atoms with Crippen molar-refractivity contribution in [1.82, 2.24) is 9.29 Å². The van der Waals surface area contributed by atoms with Gasteiger partial charge in [0.1, 0.15) is 0 Å². The van der Waals surface area contributed by atoms with Crippen molar-refractivity contribution in [3.63, 3.8) is 0 Å². The molecule has 1 saturated heterocycles. The minimum absolute atomic E-state index is 0.253. The Morgan fingerprint density at radius 3 is 2.62 bits per heavy atom. The molecule has 0 bridgehead atoms. The van der Waals surface area contributed by atoms with E-state index in [0.29, 0.717) is 12.8 Å². The summed E-state index contributed by atoms with van der Waals surface area (Å²) in [5.74, 6) is -1.29. The van der Waals surface area contributed by atoms with Gasteiger partial charge in [-0.2, -0.15) is 4.31 Å². The Labute approximate surface area is 122 Å². The predicted molar refractivity (Wildman–Crippen MR) is 77.4 cm³/mol. The first-order chi connectivity index (χ1) is 9.98. The van der Waals surface area contributed by atoms with Gasteiger partial charge in [0, 0.05) is 30.2 Å². The molecule has 2 N–H and O–H groups in total. The molecule has 0 amide bonds. The third-order valence-electron chi connectivity index (χ3n) is 3.97. The van der Waals surface area contributed by atoms with Crippen LogP contribution in [-0.4, -0.2) is 41.9 Å². The molecule has 6 nitrogen and oxygen atoms in total. The standard InChI is InChI=1S/C14H16N2O4S/c17-14(18)10-4-7-16(8-5-10)21(19,20)12-1-2-13-11(9-12)3-6-15-13/h1-3,6,9-10,15H,4-5,7-8H2,(H,17,18). The second-order valence-corrected chi connectivity index (χ2v) is 7.18. The van der Waals surface area contributed by atoms with Crippen LogP contribution in [-0.2, 0) is 14.8 Å². The summed E-state index contributed by atoms with van der Waals surface area (Å²) >= 11 is 0. The Kier molecular flexibility index (Phi) is 3.46. The van der Waals surface area contributed by atoms with E-state index >= 15 is 0 Å². The maximum absolute atomic E-state index is 12.6. The van der Waals surface area contributed by atoms with E-state index in [4.69, 9.17) is 5.11 Å². The fourth-order valence-electron chi connectivity index (χ4n) is 2.68. The highest BCUT2D eigenvalue weighted by Crippen LogP contribution is 2.25. The molecular formula is C14H16N2O4S. The minimum Gasteiger partial charge on any atom is -0.481 e. The molecule has 1 fully saturated rings. The van der Waals surface area contributed by atoms with E-state index < -0.39 is 21.9 Å². The molecule has 1 aromatic heterocycles. The number of aromatic amines is 1. The summed E-state index contributed by atoms with van der Waals surface area (Å²) in [5, 5.41) is 9.81. The van der Waals surface area contributed by atoms with Crippen LogP contribution in [0.25, 0.3) is 10.9 Å². The second kappa shape index (κ2) is 5.16. The lowest BCUT2D eigenvalue weighted by molar-refractivity contribution is -0.142. The summed E-state index contributed by atoms with van der Waals surface area (Å²) in [4.78, 5) is 14.2. The summed E-state index contributed by atoms with van der Waals surface area (Å²) in [5.41, 5.74) is 0.888. The normalized spacial score (nSPS) is 18.1. The molecule has 1 aliphatic heterocycles. The molecule has 0 unspecified atom stereocenters. The molecule has 1 aromatic carbocycles. The van der Waals surface area contributed by atoms with Crippen molar-refractivity contribution in [1.29, 1.82) is 0 Å². The number of nitrogens with zero attached hydrogens (tertiary/aromatic N) is 1. The summed E-state index contributed by atoms with van der Waals surface area (Å²) in [6.07, 6.45) is 2.49. The molecule has 7 heteroatoms. The lowest BCUT2D eigenvalue weighted by Crippen LogP contribution is -2.40. The Morgan fingerprint density at radius 1 is 1.24 bits per heavy atom. The molecule has 2 aromatic rings. The first-order valence-electron chi connectivity index (χ1n) is 6.78. The van der Waals surface area contributed by atoms with E-state index in [9.17, 15) is 13.2 Å². The Hall–Kier alpha value is -1.86. The topological polar surface area (TPSA) is 90.5 Å². The maximum atomic E-state index is 12.6. The quantitative estimate of drug-likeness (QED) is 0.902. The van der Waals surface area contributed by atoms with Gasteiger partial charge in [0.05, 0.1) is 10.8 Å². The van der Waals surface area contributed by atoms with Crippen LogP contribution in [0.3, 0.4) is 0 Å². The van der Waals surface area contributed by atoms with Crippen LogP contribution in [0.4, 0.5) is 0 Å². The lowest BCUT2D eigenvalue weighted by atomic mass is 9.99. The number of aliphatic carboxylic acids is 1. The number of sulfonamides is 1. The van der Waals surface area contributed by atoms with E-state index in [2.05, 4.69) is 4.98 Å². The number of benzene rings is 1. The number of piperidine rings is 1. The number of fused-ring (bicyclic) bond motifs is 1. The zero-order valence-electron chi connectivity index (χ0n) is 11.3. The monoisotopic (exact) mass is 308 g/mol. The Balaban J connectivity index is 1.85. The molecule has 112 valence electrons. The van der Waals surface area contributed by atoms with Crippen LogP contribution >= 0.6 is 0 Å². The van der Waals surface area contributed by atoms with Gasteiger partial charge >= 0.3 is 5.97 Å². The molecule has 21 heavy (non-hydrogen) atoms. The third kappa shape index (κ3) is 2.54. The van der Waals surface area contributed by atoms with Crippen LogP contribution in [0.1, 0.15) is 12.8 Å². The Morgan fingerprint density at radius 2 is 1.95 bits per heavy atom. The maximum Gasteiger partial charge on any atom is 0.306 e. The van der Waals surface area contributed by atoms with Crippen molar-refractivity contribution in [2.75, 3.05) is 13.1 Å². The number of aromatic nitrogens is 1. The van der Waals surface area contributed by atoms with Crippen LogP contribution in [0.2, 0.25) is 0 Å². The zero-order chi connectivity index (χ0) is 15.0. The largest absolute Gasteiger partial charge is 0.481 e. The van der Waals surface area contributed by atoms with Crippen molar-refractivity contribution in [3.8, 4) is 0 Å². The number of carbonyl (C=O) groups is 1. The third-order valence-corrected chi connectivity index (χ3v) is 5.86. The van der Waals surface area contributed by atoms with E-state index in [1.165, 1.54) is 4.31 Å². The second-order valence-electron chi connectivity index (χ2n) is 5.24. The highest BCUT2D eigenvalue weighted by molar-refractivity contribution is 7.89. The summed E-state index contributed by atoms with van der Waals surface area (Å²) in [6, 6.07) is 6.79. The number of hydrogen-bond acceptors (Lipinski definition) is 3. The zero-order valence-corrected chi connectivity index (χ0v) is 12.1. The molecule has 0 spiro atoms. The van der Waals surface area contributed by atoms with Crippen LogP contribution in [0.5, 0.6) is 0 Å². The van der Waals surface area contributed by atoms with Crippen molar-refractivity contribution in [3.05, 3.63) is 30.5 Å². The van der Waals surface area contributed by atoms with E-state index in [1.807, 2.05) is 6.07 Å². The average Bonchev–Trinajstić information content (AvgIpc) is 2.94. The number of H-pyrrole nitrogens is 1. The molecule has 3 rings (SSSR count). The summed E-state index contributed by atoms with van der Waals surface area (Å²) in [7, 11) is -3.55. The van der Waals surface area contributed by atoms with Gasteiger partial charge in [-0.05, 0) is 37.1 Å². The first-order valence-corrected chi connectivity index (χ1v) is 8.22. The van der Waals surface area contributed by atoms with Crippen LogP contribution < -0.4 is 0 Å². The van der Waals surface area contributed by atoms with Gasteiger partial charge in [-0.3, -0.25) is 4.79 Å². The SMILES string of the molecule is O=C(O)C1CCN(S(=O)(=O)c2ccc3[nH]ccc3c2)CC1. The number of rotatable bonds is 3. The molecule has 1 aliphatic rings. The first kappa shape index (κ1) is 14.1. The summed E-state index contributed by atoms with van der Waals surface area (Å²) in [6.45, 7) is 0.509. The molecule has 2 heterocycles. The number of carboxylic acids is 1. The fourth-order valence-corrected chi connectivity index (χ4v) is 4.19.